The van der Waals surface area contributed by atoms with Gasteiger partial charge in [-0.15, -0.1) is 0 Å². The Morgan fingerprint density at radius 2 is 2.00 bits per heavy atom. The van der Waals surface area contributed by atoms with Crippen LogP contribution in [-0.2, 0) is 4.74 Å². The number of nitrogens with zero attached hydrogens (tertiary/aromatic N) is 2. The van der Waals surface area contributed by atoms with E-state index in [1.807, 2.05) is 0 Å². The summed E-state index contributed by atoms with van der Waals surface area (Å²) < 4.78 is 6.08. The fourth-order valence-electron chi connectivity index (χ4n) is 1.95. The van der Waals surface area contributed by atoms with Gasteiger partial charge in [0, 0.05) is 30.5 Å². The van der Waals surface area contributed by atoms with Gasteiger partial charge < -0.3 is 4.74 Å². The van der Waals surface area contributed by atoms with Crippen LogP contribution in [-0.4, -0.2) is 23.2 Å². The second-order valence-corrected chi connectivity index (χ2v) is 5.24. The number of hydrogen-bond donors (Lipinski definition) is 0. The van der Waals surface area contributed by atoms with Gasteiger partial charge in [0.05, 0.1) is 0 Å². The zero-order valence-corrected chi connectivity index (χ0v) is 11.3. The van der Waals surface area contributed by atoms with E-state index in [0.717, 1.165) is 37.4 Å². The summed E-state index contributed by atoms with van der Waals surface area (Å²) in [5.74, 6) is 0.975. The second-order valence-electron chi connectivity index (χ2n) is 4.53. The van der Waals surface area contributed by atoms with Gasteiger partial charge in [-0.1, -0.05) is 13.8 Å². The highest BCUT2D eigenvalue weighted by Crippen LogP contribution is 2.27. The molecule has 1 fully saturated rings. The molecule has 4 heteroatoms. The molecule has 0 radical (unpaired) electrons. The Labute approximate surface area is 105 Å². The Morgan fingerprint density at radius 1 is 1.31 bits per heavy atom. The highest BCUT2D eigenvalue weighted by Gasteiger charge is 2.19. The molecule has 0 atom stereocenters. The summed E-state index contributed by atoms with van der Waals surface area (Å²) in [6.07, 6.45) is 2.14. The van der Waals surface area contributed by atoms with E-state index < -0.39 is 0 Å². The lowest BCUT2D eigenvalue weighted by molar-refractivity contribution is 0.0844. The van der Waals surface area contributed by atoms with Crippen LogP contribution >= 0.6 is 15.9 Å². The van der Waals surface area contributed by atoms with E-state index in [2.05, 4.69) is 45.8 Å². The standard InChI is InChI=1S/C12H17BrN2O/c1-8(2)10-7-11(15-12(13)14-10)9-3-5-16-6-4-9/h7-9H,3-6H2,1-2H3. The zero-order chi connectivity index (χ0) is 11.5. The molecule has 2 rings (SSSR count). The van der Waals surface area contributed by atoms with Crippen molar-refractivity contribution in [1.29, 1.82) is 0 Å². The molecule has 88 valence electrons. The summed E-state index contributed by atoms with van der Waals surface area (Å²) in [4.78, 5) is 8.89. The van der Waals surface area contributed by atoms with Gasteiger partial charge in [-0.3, -0.25) is 0 Å². The molecule has 0 unspecified atom stereocenters. The lowest BCUT2D eigenvalue weighted by Crippen LogP contribution is -2.16. The van der Waals surface area contributed by atoms with Crippen LogP contribution in [0.4, 0.5) is 0 Å². The summed E-state index contributed by atoms with van der Waals surface area (Å²) in [7, 11) is 0. The highest BCUT2D eigenvalue weighted by atomic mass is 79.9. The van der Waals surface area contributed by atoms with Gasteiger partial charge in [0.15, 0.2) is 4.73 Å². The first-order valence-electron chi connectivity index (χ1n) is 5.79. The maximum Gasteiger partial charge on any atom is 0.197 e. The van der Waals surface area contributed by atoms with E-state index in [1.54, 1.807) is 0 Å². The third-order valence-corrected chi connectivity index (χ3v) is 3.32. The van der Waals surface area contributed by atoms with Gasteiger partial charge >= 0.3 is 0 Å². The normalized spacial score (nSPS) is 18.0. The molecule has 0 spiro atoms. The lowest BCUT2D eigenvalue weighted by Gasteiger charge is -2.22. The number of aromatic nitrogens is 2. The molecule has 3 nitrogen and oxygen atoms in total. The molecule has 0 bridgehead atoms. The Morgan fingerprint density at radius 3 is 2.62 bits per heavy atom. The van der Waals surface area contributed by atoms with Crippen molar-refractivity contribution in [2.24, 2.45) is 0 Å². The van der Waals surface area contributed by atoms with Crippen LogP contribution in [0.1, 0.15) is 49.9 Å². The Balaban J connectivity index is 2.25. The largest absolute Gasteiger partial charge is 0.381 e. The van der Waals surface area contributed by atoms with Crippen molar-refractivity contribution in [3.05, 3.63) is 22.2 Å². The Hall–Kier alpha value is -0.480. The molecular formula is C12H17BrN2O. The SMILES string of the molecule is CC(C)c1cc(C2CCOCC2)nc(Br)n1. The number of hydrogen-bond acceptors (Lipinski definition) is 3. The average molecular weight is 285 g/mol. The second kappa shape index (κ2) is 5.23. The van der Waals surface area contributed by atoms with E-state index in [9.17, 15) is 0 Å². The van der Waals surface area contributed by atoms with Crippen LogP contribution in [0.3, 0.4) is 0 Å². The first-order chi connectivity index (χ1) is 7.66. The minimum absolute atomic E-state index is 0.442. The highest BCUT2D eigenvalue weighted by molar-refractivity contribution is 9.10. The minimum atomic E-state index is 0.442. The van der Waals surface area contributed by atoms with Crippen molar-refractivity contribution in [2.45, 2.75) is 38.5 Å². The summed E-state index contributed by atoms with van der Waals surface area (Å²) in [6.45, 7) is 6.01. The predicted octanol–water partition coefficient (Wildman–Crippen LogP) is 3.26. The van der Waals surface area contributed by atoms with Crippen LogP contribution in [0, 0.1) is 0 Å². The van der Waals surface area contributed by atoms with Crippen LogP contribution in [0.5, 0.6) is 0 Å². The molecule has 0 N–H and O–H groups in total. The molecule has 2 heterocycles. The maximum absolute atomic E-state index is 5.37. The fourth-order valence-corrected chi connectivity index (χ4v) is 2.36. The molecule has 0 aromatic carbocycles. The zero-order valence-electron chi connectivity index (χ0n) is 9.74. The fraction of sp³-hybridized carbons (Fsp3) is 0.667. The van der Waals surface area contributed by atoms with Crippen molar-refractivity contribution in [3.8, 4) is 0 Å². The molecule has 1 aromatic rings. The van der Waals surface area contributed by atoms with Gasteiger partial charge in [0.1, 0.15) is 0 Å². The third-order valence-electron chi connectivity index (χ3n) is 2.97. The van der Waals surface area contributed by atoms with Crippen LogP contribution in [0.2, 0.25) is 0 Å². The third kappa shape index (κ3) is 2.80. The maximum atomic E-state index is 5.37. The quantitative estimate of drug-likeness (QED) is 0.782. The summed E-state index contributed by atoms with van der Waals surface area (Å²) in [5.41, 5.74) is 2.28. The first kappa shape index (κ1) is 12.0. The number of ether oxygens (including phenoxy) is 1. The summed E-state index contributed by atoms with van der Waals surface area (Å²) in [6, 6.07) is 2.14. The van der Waals surface area contributed by atoms with E-state index in [1.165, 1.54) is 0 Å². The molecule has 0 aliphatic carbocycles. The van der Waals surface area contributed by atoms with Crippen molar-refractivity contribution >= 4 is 15.9 Å². The summed E-state index contributed by atoms with van der Waals surface area (Å²) >= 11 is 3.39. The minimum Gasteiger partial charge on any atom is -0.381 e. The Bertz CT molecular complexity index is 362. The van der Waals surface area contributed by atoms with Crippen LogP contribution < -0.4 is 0 Å². The predicted molar refractivity (Wildman–Crippen MR) is 66.6 cm³/mol. The van der Waals surface area contributed by atoms with E-state index in [-0.39, 0.29) is 0 Å². The summed E-state index contributed by atoms with van der Waals surface area (Å²) in [5, 5.41) is 0. The van der Waals surface area contributed by atoms with Crippen LogP contribution in [0.25, 0.3) is 0 Å². The Kier molecular flexibility index (Phi) is 3.92. The lowest BCUT2D eigenvalue weighted by atomic mass is 9.95. The van der Waals surface area contributed by atoms with Gasteiger partial charge in [-0.2, -0.15) is 0 Å². The van der Waals surface area contributed by atoms with Gasteiger partial charge in [0.25, 0.3) is 0 Å². The van der Waals surface area contributed by atoms with E-state index >= 15 is 0 Å². The number of rotatable bonds is 2. The molecule has 0 saturated carbocycles. The number of halogens is 1. The van der Waals surface area contributed by atoms with Gasteiger partial charge in [0.2, 0.25) is 0 Å². The van der Waals surface area contributed by atoms with Crippen molar-refractivity contribution in [2.75, 3.05) is 13.2 Å². The first-order valence-corrected chi connectivity index (χ1v) is 6.58. The van der Waals surface area contributed by atoms with Crippen molar-refractivity contribution in [1.82, 2.24) is 9.97 Å². The van der Waals surface area contributed by atoms with Crippen LogP contribution in [0.15, 0.2) is 10.8 Å². The molecule has 16 heavy (non-hydrogen) atoms. The van der Waals surface area contributed by atoms with E-state index in [4.69, 9.17) is 4.74 Å². The van der Waals surface area contributed by atoms with Crippen molar-refractivity contribution < 1.29 is 4.74 Å². The monoisotopic (exact) mass is 284 g/mol. The molecule has 1 aliphatic heterocycles. The molecule has 1 saturated heterocycles. The van der Waals surface area contributed by atoms with Gasteiger partial charge in [-0.25, -0.2) is 9.97 Å². The average Bonchev–Trinajstić information content (AvgIpc) is 2.29. The van der Waals surface area contributed by atoms with Gasteiger partial charge in [-0.05, 0) is 40.8 Å². The molecule has 1 aromatic heterocycles. The van der Waals surface area contributed by atoms with E-state index in [0.29, 0.717) is 16.6 Å². The topological polar surface area (TPSA) is 35.0 Å². The van der Waals surface area contributed by atoms with Crippen molar-refractivity contribution in [3.63, 3.8) is 0 Å². The molecular weight excluding hydrogens is 268 g/mol. The molecule has 0 amide bonds. The molecule has 1 aliphatic rings. The smallest absolute Gasteiger partial charge is 0.197 e.